The van der Waals surface area contributed by atoms with Crippen LogP contribution in [0.2, 0.25) is 0 Å². The fraction of sp³-hybridized carbons (Fsp3) is 0.200. The number of nitroso groups, excluding NO2 is 2. The smallest absolute Gasteiger partial charge is 0.323 e. The van der Waals surface area contributed by atoms with Crippen molar-refractivity contribution in [1.29, 1.82) is 0 Å². The van der Waals surface area contributed by atoms with Crippen molar-refractivity contribution in [2.45, 2.75) is 0 Å². The molecule has 106 valence electrons. The average Bonchev–Trinajstić information content (AvgIpc) is 2.39. The SMILES string of the molecule is O=NN(N=O)c1ccc(N(CC(=O)O)CC(=O)O)cc1. The number of hydrogen-bond donors (Lipinski definition) is 2. The Morgan fingerprint density at radius 2 is 1.30 bits per heavy atom. The Labute approximate surface area is 112 Å². The van der Waals surface area contributed by atoms with Crippen LogP contribution in [0.1, 0.15) is 0 Å². The van der Waals surface area contributed by atoms with E-state index in [0.717, 1.165) is 4.90 Å². The number of carbonyl (C=O) groups is 2. The normalized spacial score (nSPS) is 9.60. The number of carboxylic acids is 2. The Morgan fingerprint density at radius 3 is 1.65 bits per heavy atom. The zero-order valence-corrected chi connectivity index (χ0v) is 10.0. The molecule has 0 atom stereocenters. The average molecular weight is 282 g/mol. The maximum Gasteiger partial charge on any atom is 0.323 e. The molecule has 10 heteroatoms. The molecule has 1 aromatic carbocycles. The molecule has 1 rings (SSSR count). The highest BCUT2D eigenvalue weighted by atomic mass is 16.4. The van der Waals surface area contributed by atoms with Crippen LogP contribution in [0.25, 0.3) is 0 Å². The second-order valence-corrected chi connectivity index (χ2v) is 3.61. The fourth-order valence-electron chi connectivity index (χ4n) is 1.47. The summed E-state index contributed by atoms with van der Waals surface area (Å²) < 4.78 is 0. The molecular weight excluding hydrogens is 272 g/mol. The van der Waals surface area contributed by atoms with E-state index in [4.69, 9.17) is 10.2 Å². The van der Waals surface area contributed by atoms with Crippen LogP contribution in [0.4, 0.5) is 11.4 Å². The zero-order chi connectivity index (χ0) is 15.1. The monoisotopic (exact) mass is 282 g/mol. The molecule has 0 saturated heterocycles. The van der Waals surface area contributed by atoms with Crippen LogP contribution in [-0.4, -0.2) is 35.2 Å². The van der Waals surface area contributed by atoms with Gasteiger partial charge in [-0.25, -0.2) is 0 Å². The lowest BCUT2D eigenvalue weighted by molar-refractivity contribution is -0.136. The van der Waals surface area contributed by atoms with Gasteiger partial charge in [0.05, 0.1) is 16.3 Å². The first-order valence-electron chi connectivity index (χ1n) is 5.23. The quantitative estimate of drug-likeness (QED) is 0.527. The Kier molecular flexibility index (Phi) is 5.09. The predicted molar refractivity (Wildman–Crippen MR) is 68.0 cm³/mol. The van der Waals surface area contributed by atoms with E-state index in [2.05, 4.69) is 10.6 Å². The van der Waals surface area contributed by atoms with E-state index in [1.54, 1.807) is 0 Å². The number of nitrogens with zero attached hydrogens (tertiary/aromatic N) is 4. The summed E-state index contributed by atoms with van der Waals surface area (Å²) in [6, 6.07) is 5.28. The third-order valence-electron chi connectivity index (χ3n) is 2.25. The molecule has 0 spiro atoms. The van der Waals surface area contributed by atoms with Gasteiger partial charge in [0.15, 0.2) is 0 Å². The molecular formula is C10H10N4O6. The molecule has 20 heavy (non-hydrogen) atoms. The lowest BCUT2D eigenvalue weighted by Gasteiger charge is -2.20. The number of anilines is 2. The number of rotatable bonds is 8. The van der Waals surface area contributed by atoms with Crippen LogP contribution in [0.3, 0.4) is 0 Å². The Hall–Kier alpha value is -3.04. The van der Waals surface area contributed by atoms with E-state index in [-0.39, 0.29) is 5.69 Å². The molecule has 2 N–H and O–H groups in total. The van der Waals surface area contributed by atoms with E-state index >= 15 is 0 Å². The molecule has 0 saturated carbocycles. The first-order chi connectivity index (χ1) is 9.47. The second-order valence-electron chi connectivity index (χ2n) is 3.61. The molecule has 0 aromatic heterocycles. The van der Waals surface area contributed by atoms with E-state index in [0.29, 0.717) is 10.8 Å². The van der Waals surface area contributed by atoms with Gasteiger partial charge in [0, 0.05) is 5.69 Å². The molecule has 0 fully saturated rings. The molecule has 0 aliphatic rings. The van der Waals surface area contributed by atoms with Crippen molar-refractivity contribution in [3.8, 4) is 0 Å². The number of benzene rings is 1. The van der Waals surface area contributed by atoms with E-state index in [9.17, 15) is 19.4 Å². The van der Waals surface area contributed by atoms with Gasteiger partial charge in [-0.3, -0.25) is 9.59 Å². The van der Waals surface area contributed by atoms with Crippen LogP contribution in [0.5, 0.6) is 0 Å². The lowest BCUT2D eigenvalue weighted by atomic mass is 10.2. The van der Waals surface area contributed by atoms with E-state index in [1.165, 1.54) is 24.3 Å². The summed E-state index contributed by atoms with van der Waals surface area (Å²) in [6.45, 7) is -1.01. The van der Waals surface area contributed by atoms with Gasteiger partial charge in [0.25, 0.3) is 0 Å². The van der Waals surface area contributed by atoms with Crippen molar-refractivity contribution < 1.29 is 19.8 Å². The third-order valence-corrected chi connectivity index (χ3v) is 2.25. The van der Waals surface area contributed by atoms with Gasteiger partial charge in [0.1, 0.15) is 13.1 Å². The topological polar surface area (TPSA) is 140 Å². The summed E-state index contributed by atoms with van der Waals surface area (Å²) in [5, 5.41) is 22.4. The molecule has 0 bridgehead atoms. The van der Waals surface area contributed by atoms with Gasteiger partial charge in [-0.15, -0.1) is 9.81 Å². The molecule has 0 aliphatic heterocycles. The van der Waals surface area contributed by atoms with Gasteiger partial charge >= 0.3 is 11.9 Å². The van der Waals surface area contributed by atoms with Crippen molar-refractivity contribution in [2.24, 2.45) is 10.6 Å². The van der Waals surface area contributed by atoms with Crippen LogP contribution in [0, 0.1) is 9.81 Å². The summed E-state index contributed by atoms with van der Waals surface area (Å²) in [6.07, 6.45) is 0. The second kappa shape index (κ2) is 6.78. The largest absolute Gasteiger partial charge is 0.480 e. The Bertz CT molecular complexity index is 493. The van der Waals surface area contributed by atoms with Gasteiger partial charge in [-0.05, 0) is 24.3 Å². The highest BCUT2D eigenvalue weighted by molar-refractivity contribution is 5.79. The minimum absolute atomic E-state index is 0.0735. The molecule has 0 unspecified atom stereocenters. The van der Waals surface area contributed by atoms with E-state index < -0.39 is 25.0 Å². The van der Waals surface area contributed by atoms with Gasteiger partial charge in [0.2, 0.25) is 0 Å². The molecule has 1 aromatic rings. The Balaban J connectivity index is 2.97. The van der Waals surface area contributed by atoms with Gasteiger partial charge in [-0.1, -0.05) is 5.12 Å². The molecule has 10 nitrogen and oxygen atoms in total. The van der Waals surface area contributed by atoms with E-state index in [1.807, 2.05) is 0 Å². The van der Waals surface area contributed by atoms with Crippen molar-refractivity contribution in [2.75, 3.05) is 23.1 Å². The summed E-state index contributed by atoms with van der Waals surface area (Å²) >= 11 is 0. The summed E-state index contributed by atoms with van der Waals surface area (Å²) in [5.74, 6) is -2.39. The highest BCUT2D eigenvalue weighted by Crippen LogP contribution is 2.21. The summed E-state index contributed by atoms with van der Waals surface area (Å²) in [5.41, 5.74) is 0.375. The predicted octanol–water partition coefficient (Wildman–Crippen LogP) is 0.831. The lowest BCUT2D eigenvalue weighted by Crippen LogP contribution is -2.34. The minimum atomic E-state index is -1.19. The Morgan fingerprint density at radius 1 is 0.900 bits per heavy atom. The number of hydrogen-bond acceptors (Lipinski definition) is 7. The number of aliphatic carboxylic acids is 2. The maximum atomic E-state index is 10.7. The highest BCUT2D eigenvalue weighted by Gasteiger charge is 2.15. The summed E-state index contributed by atoms with van der Waals surface area (Å²) in [4.78, 5) is 43.0. The third kappa shape index (κ3) is 4.01. The van der Waals surface area contributed by atoms with Crippen molar-refractivity contribution in [3.05, 3.63) is 34.1 Å². The van der Waals surface area contributed by atoms with Crippen molar-refractivity contribution >= 4 is 23.3 Å². The first kappa shape index (κ1) is 15.0. The van der Waals surface area contributed by atoms with Crippen LogP contribution in [-0.2, 0) is 9.59 Å². The maximum absolute atomic E-state index is 10.7. The fourth-order valence-corrected chi connectivity index (χ4v) is 1.47. The van der Waals surface area contributed by atoms with Crippen LogP contribution >= 0.6 is 0 Å². The van der Waals surface area contributed by atoms with Gasteiger partial charge in [-0.2, -0.15) is 0 Å². The molecule has 0 amide bonds. The van der Waals surface area contributed by atoms with Crippen molar-refractivity contribution in [1.82, 2.24) is 0 Å². The van der Waals surface area contributed by atoms with Gasteiger partial charge < -0.3 is 15.1 Å². The summed E-state index contributed by atoms with van der Waals surface area (Å²) in [7, 11) is 0. The first-order valence-corrected chi connectivity index (χ1v) is 5.23. The molecule has 0 aliphatic carbocycles. The van der Waals surface area contributed by atoms with Crippen LogP contribution < -0.4 is 10.0 Å². The molecule has 0 heterocycles. The standard InChI is InChI=1S/C10H10N4O6/c15-9(16)5-13(6-10(17)18)7-1-3-8(4-2-7)14(11-19)12-20/h1-4H,5-6H2,(H,15,16)(H,17,18). The minimum Gasteiger partial charge on any atom is -0.480 e. The van der Waals surface area contributed by atoms with Crippen LogP contribution in [0.15, 0.2) is 34.8 Å². The number of carboxylic acid groups (broad SMARTS) is 2. The molecule has 0 radical (unpaired) electrons. The zero-order valence-electron chi connectivity index (χ0n) is 10.0. The van der Waals surface area contributed by atoms with Crippen molar-refractivity contribution in [3.63, 3.8) is 0 Å².